The van der Waals surface area contributed by atoms with E-state index in [4.69, 9.17) is 13.9 Å². The molecule has 0 aliphatic carbocycles. The van der Waals surface area contributed by atoms with Crippen LogP contribution in [-0.4, -0.2) is 48.9 Å². The molecule has 0 radical (unpaired) electrons. The van der Waals surface area contributed by atoms with Crippen LogP contribution >= 0.6 is 22.6 Å². The number of ether oxygens (including phenoxy) is 2. The fourth-order valence-corrected chi connectivity index (χ4v) is 2.66. The van der Waals surface area contributed by atoms with Gasteiger partial charge in [0, 0.05) is 13.1 Å². The molecule has 124 valence electrons. The number of nitrogens with zero attached hydrogens (tertiary/aromatic N) is 1. The fourth-order valence-electron chi connectivity index (χ4n) is 2.19. The Kier molecular flexibility index (Phi) is 6.10. The number of hydrogen-bond acceptors (Lipinski definition) is 5. The van der Waals surface area contributed by atoms with Crippen LogP contribution in [0.15, 0.2) is 16.5 Å². The van der Waals surface area contributed by atoms with Crippen LogP contribution in [0.25, 0.3) is 0 Å². The van der Waals surface area contributed by atoms with E-state index >= 15 is 0 Å². The molecule has 1 amide bonds. The van der Waals surface area contributed by atoms with Crippen LogP contribution in [0.2, 0.25) is 0 Å². The Morgan fingerprint density at radius 2 is 2.27 bits per heavy atom. The Hall–Kier alpha value is -0.800. The molecule has 1 aliphatic rings. The largest absolute Gasteiger partial charge is 0.454 e. The first-order valence-corrected chi connectivity index (χ1v) is 8.45. The van der Waals surface area contributed by atoms with Crippen molar-refractivity contribution in [2.75, 3.05) is 26.3 Å². The summed E-state index contributed by atoms with van der Waals surface area (Å²) in [6, 6.07) is 3.84. The molecular weight excluding hydrogens is 399 g/mol. The second kappa shape index (κ2) is 7.65. The van der Waals surface area contributed by atoms with Crippen molar-refractivity contribution in [3.63, 3.8) is 0 Å². The number of carbonyl (C=O) groups excluding carboxylic acids is 1. The Balaban J connectivity index is 1.85. The molecule has 0 saturated carbocycles. The number of nitrogens with one attached hydrogen (secondary N) is 1. The lowest BCUT2D eigenvalue weighted by molar-refractivity contribution is -0.0318. The van der Waals surface area contributed by atoms with Gasteiger partial charge in [-0.2, -0.15) is 0 Å². The molecule has 0 aromatic carbocycles. The maximum atomic E-state index is 12.3. The zero-order valence-corrected chi connectivity index (χ0v) is 15.4. The van der Waals surface area contributed by atoms with Gasteiger partial charge in [-0.1, -0.05) is 0 Å². The van der Waals surface area contributed by atoms with Crippen LogP contribution in [0.5, 0.6) is 0 Å². The van der Waals surface area contributed by atoms with Gasteiger partial charge >= 0.3 is 6.09 Å². The van der Waals surface area contributed by atoms with Crippen LogP contribution in [0.3, 0.4) is 0 Å². The van der Waals surface area contributed by atoms with Gasteiger partial charge in [-0.05, 0) is 55.5 Å². The van der Waals surface area contributed by atoms with Crippen LogP contribution in [0, 0.1) is 3.77 Å². The first kappa shape index (κ1) is 17.6. The van der Waals surface area contributed by atoms with Gasteiger partial charge in [0.15, 0.2) is 3.77 Å². The number of halogens is 1. The van der Waals surface area contributed by atoms with Crippen molar-refractivity contribution in [2.45, 2.75) is 39.0 Å². The van der Waals surface area contributed by atoms with Crippen molar-refractivity contribution < 1.29 is 18.7 Å². The van der Waals surface area contributed by atoms with Gasteiger partial charge in [-0.15, -0.1) is 0 Å². The molecule has 22 heavy (non-hydrogen) atoms. The van der Waals surface area contributed by atoms with Gasteiger partial charge in [0.05, 0.1) is 25.8 Å². The summed E-state index contributed by atoms with van der Waals surface area (Å²) >= 11 is 2.14. The van der Waals surface area contributed by atoms with Crippen LogP contribution < -0.4 is 5.32 Å². The van der Waals surface area contributed by atoms with Gasteiger partial charge < -0.3 is 19.2 Å². The second-order valence-electron chi connectivity index (χ2n) is 6.24. The highest BCUT2D eigenvalue weighted by Gasteiger charge is 2.30. The quantitative estimate of drug-likeness (QED) is 0.756. The van der Waals surface area contributed by atoms with Crippen molar-refractivity contribution in [3.8, 4) is 0 Å². The molecule has 1 aromatic rings. The van der Waals surface area contributed by atoms with Gasteiger partial charge in [0.25, 0.3) is 0 Å². The summed E-state index contributed by atoms with van der Waals surface area (Å²) in [5.41, 5.74) is -0.488. The molecule has 1 saturated heterocycles. The number of carbonyl (C=O) groups is 1. The van der Waals surface area contributed by atoms with E-state index in [9.17, 15) is 4.79 Å². The summed E-state index contributed by atoms with van der Waals surface area (Å²) < 4.78 is 17.3. The van der Waals surface area contributed by atoms with Crippen LogP contribution in [0.1, 0.15) is 26.5 Å². The highest BCUT2D eigenvalue weighted by atomic mass is 127. The number of furan rings is 1. The van der Waals surface area contributed by atoms with E-state index < -0.39 is 5.60 Å². The molecule has 1 fully saturated rings. The maximum Gasteiger partial charge on any atom is 0.410 e. The summed E-state index contributed by atoms with van der Waals surface area (Å²) in [6.45, 7) is 8.50. The van der Waals surface area contributed by atoms with E-state index in [1.54, 1.807) is 4.90 Å². The van der Waals surface area contributed by atoms with E-state index in [2.05, 4.69) is 27.9 Å². The molecule has 0 bridgehead atoms. The third-order valence-electron chi connectivity index (χ3n) is 3.16. The lowest BCUT2D eigenvalue weighted by atomic mass is 10.2. The minimum Gasteiger partial charge on any atom is -0.454 e. The second-order valence-corrected chi connectivity index (χ2v) is 7.30. The van der Waals surface area contributed by atoms with Gasteiger partial charge in [0.1, 0.15) is 11.4 Å². The standard InChI is InChI=1S/C15H23IN2O4/c1-15(2,3)22-14(19)18-6-7-20-10-11(18)8-17-9-12-4-5-13(16)21-12/h4-5,11,17H,6-10H2,1-3H3. The summed E-state index contributed by atoms with van der Waals surface area (Å²) in [5.74, 6) is 0.880. The van der Waals surface area contributed by atoms with E-state index in [0.717, 1.165) is 9.53 Å². The molecule has 2 rings (SSSR count). The van der Waals surface area contributed by atoms with Crippen molar-refractivity contribution in [3.05, 3.63) is 21.7 Å². The average molecular weight is 422 g/mol. The predicted octanol–water partition coefficient (Wildman–Crippen LogP) is 2.61. The highest BCUT2D eigenvalue weighted by Crippen LogP contribution is 2.15. The van der Waals surface area contributed by atoms with E-state index in [0.29, 0.717) is 32.8 Å². The summed E-state index contributed by atoms with van der Waals surface area (Å²) in [6.07, 6.45) is -0.282. The Labute approximate surface area is 144 Å². The smallest absolute Gasteiger partial charge is 0.410 e. The zero-order chi connectivity index (χ0) is 16.2. The summed E-state index contributed by atoms with van der Waals surface area (Å²) in [4.78, 5) is 14.0. The van der Waals surface area contributed by atoms with Crippen molar-refractivity contribution in [1.29, 1.82) is 0 Å². The van der Waals surface area contributed by atoms with E-state index in [1.807, 2.05) is 32.9 Å². The average Bonchev–Trinajstić information content (AvgIpc) is 2.83. The first-order valence-electron chi connectivity index (χ1n) is 7.37. The molecule has 1 atom stereocenters. The molecule has 6 nitrogen and oxygen atoms in total. The molecule has 0 spiro atoms. The third-order valence-corrected chi connectivity index (χ3v) is 3.74. The minimum atomic E-state index is -0.488. The Morgan fingerprint density at radius 1 is 1.50 bits per heavy atom. The van der Waals surface area contributed by atoms with Crippen molar-refractivity contribution >= 4 is 28.7 Å². The van der Waals surface area contributed by atoms with Gasteiger partial charge in [0.2, 0.25) is 0 Å². The van der Waals surface area contributed by atoms with Crippen LogP contribution in [-0.2, 0) is 16.0 Å². The normalized spacial score (nSPS) is 19.3. The Bertz CT molecular complexity index is 498. The highest BCUT2D eigenvalue weighted by molar-refractivity contribution is 14.1. The molecule has 7 heteroatoms. The lowest BCUT2D eigenvalue weighted by Crippen LogP contribution is -2.53. The number of morpholine rings is 1. The Morgan fingerprint density at radius 3 is 2.91 bits per heavy atom. The minimum absolute atomic E-state index is 0.0300. The molecule has 1 aromatic heterocycles. The lowest BCUT2D eigenvalue weighted by Gasteiger charge is -2.36. The molecule has 1 N–H and O–H groups in total. The molecular formula is C15H23IN2O4. The van der Waals surface area contributed by atoms with E-state index in [-0.39, 0.29) is 12.1 Å². The number of amides is 1. The number of hydrogen-bond donors (Lipinski definition) is 1. The SMILES string of the molecule is CC(C)(C)OC(=O)N1CCOCC1CNCc1ccc(I)o1. The molecule has 1 unspecified atom stereocenters. The first-order chi connectivity index (χ1) is 10.3. The molecule has 1 aliphatic heterocycles. The predicted molar refractivity (Wildman–Crippen MR) is 90.7 cm³/mol. The monoisotopic (exact) mass is 422 g/mol. The maximum absolute atomic E-state index is 12.3. The fraction of sp³-hybridized carbons (Fsp3) is 0.667. The summed E-state index contributed by atoms with van der Waals surface area (Å²) in [7, 11) is 0. The van der Waals surface area contributed by atoms with E-state index in [1.165, 1.54) is 0 Å². The summed E-state index contributed by atoms with van der Waals surface area (Å²) in [5, 5.41) is 3.31. The van der Waals surface area contributed by atoms with Gasteiger partial charge in [-0.25, -0.2) is 4.79 Å². The topological polar surface area (TPSA) is 63.9 Å². The molecule has 2 heterocycles. The third kappa shape index (κ3) is 5.44. The zero-order valence-electron chi connectivity index (χ0n) is 13.2. The van der Waals surface area contributed by atoms with Gasteiger partial charge in [-0.3, -0.25) is 4.90 Å². The van der Waals surface area contributed by atoms with Crippen molar-refractivity contribution in [2.24, 2.45) is 0 Å². The van der Waals surface area contributed by atoms with Crippen LogP contribution in [0.4, 0.5) is 4.79 Å². The number of rotatable bonds is 4. The van der Waals surface area contributed by atoms with Crippen molar-refractivity contribution in [1.82, 2.24) is 10.2 Å².